The van der Waals surface area contributed by atoms with E-state index in [1.165, 1.54) is 31.3 Å². The summed E-state index contributed by atoms with van der Waals surface area (Å²) in [5, 5.41) is 0. The van der Waals surface area contributed by atoms with Gasteiger partial charge in [0.05, 0.1) is 11.7 Å². The molecule has 4 atom stereocenters. The molecular formula is C15H24O. The fourth-order valence-electron chi connectivity index (χ4n) is 4.27. The van der Waals surface area contributed by atoms with Crippen molar-refractivity contribution in [3.8, 4) is 0 Å². The minimum absolute atomic E-state index is 0.181. The van der Waals surface area contributed by atoms with E-state index in [4.69, 9.17) is 4.74 Å². The van der Waals surface area contributed by atoms with Crippen molar-refractivity contribution in [2.45, 2.75) is 65.1 Å². The first-order valence-electron chi connectivity index (χ1n) is 6.77. The Kier molecular flexibility index (Phi) is 2.12. The van der Waals surface area contributed by atoms with E-state index in [9.17, 15) is 0 Å². The van der Waals surface area contributed by atoms with Gasteiger partial charge in [0.2, 0.25) is 0 Å². The highest BCUT2D eigenvalue weighted by atomic mass is 16.5. The van der Waals surface area contributed by atoms with Crippen LogP contribution in [0.15, 0.2) is 11.6 Å². The Morgan fingerprint density at radius 2 is 2.00 bits per heavy atom. The lowest BCUT2D eigenvalue weighted by Gasteiger charge is -2.57. The van der Waals surface area contributed by atoms with Crippen LogP contribution in [0.1, 0.15) is 53.4 Å². The summed E-state index contributed by atoms with van der Waals surface area (Å²) >= 11 is 0. The van der Waals surface area contributed by atoms with Crippen LogP contribution in [0.5, 0.6) is 0 Å². The lowest BCUT2D eigenvalue weighted by Crippen LogP contribution is -2.54. The normalized spacial score (nSPS) is 49.8. The highest BCUT2D eigenvalue weighted by Crippen LogP contribution is 2.60. The standard InChI is InChI=1S/C15H24O/c1-10-5-6-11-12(9-14(11,2)3)15(4)8-7-13(10)16-15/h5,11-13H,6-9H2,1-4H3/t11-,12+,13+,15+/m1/s1. The van der Waals surface area contributed by atoms with Crippen molar-refractivity contribution in [2.75, 3.05) is 0 Å². The van der Waals surface area contributed by atoms with E-state index < -0.39 is 0 Å². The van der Waals surface area contributed by atoms with Crippen molar-refractivity contribution in [1.82, 2.24) is 0 Å². The molecule has 2 heterocycles. The van der Waals surface area contributed by atoms with Gasteiger partial charge in [-0.25, -0.2) is 0 Å². The van der Waals surface area contributed by atoms with Gasteiger partial charge in [0, 0.05) is 0 Å². The molecule has 2 bridgehead atoms. The van der Waals surface area contributed by atoms with Crippen LogP contribution >= 0.6 is 0 Å². The largest absolute Gasteiger partial charge is 0.367 e. The molecule has 0 radical (unpaired) electrons. The summed E-state index contributed by atoms with van der Waals surface area (Å²) < 4.78 is 6.36. The van der Waals surface area contributed by atoms with Gasteiger partial charge in [0.15, 0.2) is 0 Å². The molecule has 1 heteroatoms. The summed E-state index contributed by atoms with van der Waals surface area (Å²) in [4.78, 5) is 0. The first-order chi connectivity index (χ1) is 7.42. The van der Waals surface area contributed by atoms with E-state index in [1.54, 1.807) is 0 Å². The van der Waals surface area contributed by atoms with Gasteiger partial charge < -0.3 is 4.74 Å². The second-order valence-corrected chi connectivity index (χ2v) is 7.05. The molecule has 0 aromatic rings. The van der Waals surface area contributed by atoms with Gasteiger partial charge in [0.1, 0.15) is 0 Å². The quantitative estimate of drug-likeness (QED) is 0.562. The average molecular weight is 220 g/mol. The molecule has 1 saturated heterocycles. The molecule has 90 valence electrons. The zero-order valence-corrected chi connectivity index (χ0v) is 11.0. The SMILES string of the molecule is CC1=CC[C@@H]2[C@H](CC2(C)C)[C@]2(C)CC[C@@H]1O2. The molecule has 1 aliphatic carbocycles. The zero-order chi connectivity index (χ0) is 11.6. The van der Waals surface area contributed by atoms with Gasteiger partial charge in [-0.2, -0.15) is 0 Å². The molecule has 0 unspecified atom stereocenters. The second kappa shape index (κ2) is 3.13. The number of ether oxygens (including phenoxy) is 1. The highest BCUT2D eigenvalue weighted by molar-refractivity contribution is 5.17. The molecule has 16 heavy (non-hydrogen) atoms. The Labute approximate surface area is 99.3 Å². The van der Waals surface area contributed by atoms with Crippen molar-refractivity contribution in [1.29, 1.82) is 0 Å². The maximum atomic E-state index is 6.36. The second-order valence-electron chi connectivity index (χ2n) is 7.05. The van der Waals surface area contributed by atoms with Gasteiger partial charge in [-0.1, -0.05) is 19.9 Å². The van der Waals surface area contributed by atoms with Crippen molar-refractivity contribution >= 4 is 0 Å². The third kappa shape index (κ3) is 1.33. The fourth-order valence-corrected chi connectivity index (χ4v) is 4.27. The van der Waals surface area contributed by atoms with E-state index in [1.807, 2.05) is 0 Å². The van der Waals surface area contributed by atoms with Crippen LogP contribution < -0.4 is 0 Å². The van der Waals surface area contributed by atoms with Crippen molar-refractivity contribution in [3.05, 3.63) is 11.6 Å². The molecule has 3 rings (SSSR count). The number of allylic oxidation sites excluding steroid dienone is 1. The molecule has 0 amide bonds. The van der Waals surface area contributed by atoms with Crippen LogP contribution in [-0.4, -0.2) is 11.7 Å². The summed E-state index contributed by atoms with van der Waals surface area (Å²) in [7, 11) is 0. The minimum Gasteiger partial charge on any atom is -0.367 e. The summed E-state index contributed by atoms with van der Waals surface area (Å²) in [5.41, 5.74) is 2.19. The number of hydrogen-bond acceptors (Lipinski definition) is 1. The Hall–Kier alpha value is -0.300. The Morgan fingerprint density at radius 3 is 2.69 bits per heavy atom. The van der Waals surface area contributed by atoms with E-state index in [-0.39, 0.29) is 5.60 Å². The van der Waals surface area contributed by atoms with Gasteiger partial charge in [-0.05, 0) is 62.4 Å². The minimum atomic E-state index is 0.181. The first kappa shape index (κ1) is 10.8. The van der Waals surface area contributed by atoms with Crippen molar-refractivity contribution in [3.63, 3.8) is 0 Å². The lowest BCUT2D eigenvalue weighted by molar-refractivity contribution is -0.157. The molecule has 0 aromatic heterocycles. The Morgan fingerprint density at radius 1 is 1.25 bits per heavy atom. The monoisotopic (exact) mass is 220 g/mol. The molecular weight excluding hydrogens is 196 g/mol. The highest BCUT2D eigenvalue weighted by Gasteiger charge is 2.57. The summed E-state index contributed by atoms with van der Waals surface area (Å²) in [6.07, 6.45) is 8.01. The van der Waals surface area contributed by atoms with Gasteiger partial charge in [-0.15, -0.1) is 0 Å². The Bertz CT molecular complexity index is 341. The third-order valence-electron chi connectivity index (χ3n) is 5.54. The van der Waals surface area contributed by atoms with Crippen LogP contribution in [0.4, 0.5) is 0 Å². The molecule has 3 aliphatic rings. The van der Waals surface area contributed by atoms with Crippen molar-refractivity contribution in [2.24, 2.45) is 17.3 Å². The van der Waals surface area contributed by atoms with Crippen LogP contribution in [0.2, 0.25) is 0 Å². The maximum absolute atomic E-state index is 6.36. The average Bonchev–Trinajstić information content (AvgIpc) is 2.58. The van der Waals surface area contributed by atoms with E-state index >= 15 is 0 Å². The summed E-state index contributed by atoms with van der Waals surface area (Å²) in [5.74, 6) is 1.64. The lowest BCUT2D eigenvalue weighted by atomic mass is 9.50. The van der Waals surface area contributed by atoms with E-state index in [2.05, 4.69) is 33.8 Å². The third-order valence-corrected chi connectivity index (χ3v) is 5.54. The van der Waals surface area contributed by atoms with Crippen molar-refractivity contribution < 1.29 is 4.74 Å². The van der Waals surface area contributed by atoms with E-state index in [0.717, 1.165) is 11.8 Å². The predicted molar refractivity (Wildman–Crippen MR) is 66.3 cm³/mol. The van der Waals surface area contributed by atoms with Crippen LogP contribution in [0, 0.1) is 17.3 Å². The summed E-state index contributed by atoms with van der Waals surface area (Å²) in [6, 6.07) is 0. The van der Waals surface area contributed by atoms with Gasteiger partial charge >= 0.3 is 0 Å². The first-order valence-corrected chi connectivity index (χ1v) is 6.77. The molecule has 0 aromatic carbocycles. The zero-order valence-electron chi connectivity index (χ0n) is 11.0. The van der Waals surface area contributed by atoms with Crippen LogP contribution in [0.25, 0.3) is 0 Å². The molecule has 0 spiro atoms. The Balaban J connectivity index is 1.94. The topological polar surface area (TPSA) is 9.23 Å². The molecule has 0 N–H and O–H groups in total. The van der Waals surface area contributed by atoms with Gasteiger partial charge in [-0.3, -0.25) is 0 Å². The molecule has 2 fully saturated rings. The van der Waals surface area contributed by atoms with E-state index in [0.29, 0.717) is 11.5 Å². The molecule has 1 nitrogen and oxygen atoms in total. The predicted octanol–water partition coefficient (Wildman–Crippen LogP) is 3.94. The summed E-state index contributed by atoms with van der Waals surface area (Å²) in [6.45, 7) is 9.46. The maximum Gasteiger partial charge on any atom is 0.0790 e. The smallest absolute Gasteiger partial charge is 0.0790 e. The van der Waals surface area contributed by atoms with Crippen LogP contribution in [0.3, 0.4) is 0 Å². The number of rotatable bonds is 0. The van der Waals surface area contributed by atoms with Gasteiger partial charge in [0.25, 0.3) is 0 Å². The van der Waals surface area contributed by atoms with Crippen LogP contribution in [-0.2, 0) is 4.74 Å². The molecule has 2 aliphatic heterocycles. The molecule has 1 saturated carbocycles. The number of hydrogen-bond donors (Lipinski definition) is 0. The fraction of sp³-hybridized carbons (Fsp3) is 0.867. The number of fused-ring (bicyclic) bond motifs is 4.